The minimum absolute atomic E-state index is 0.141. The molecule has 1 aromatic carbocycles. The zero-order valence-electron chi connectivity index (χ0n) is 17.3. The highest BCUT2D eigenvalue weighted by Crippen LogP contribution is 2.15. The van der Waals surface area contributed by atoms with E-state index < -0.39 is 0 Å². The summed E-state index contributed by atoms with van der Waals surface area (Å²) in [7, 11) is 0. The van der Waals surface area contributed by atoms with Gasteiger partial charge in [0, 0.05) is 25.7 Å². The molecule has 0 radical (unpaired) electrons. The van der Waals surface area contributed by atoms with Gasteiger partial charge in [-0.15, -0.1) is 5.10 Å². The summed E-state index contributed by atoms with van der Waals surface area (Å²) < 4.78 is 7.34. The van der Waals surface area contributed by atoms with Crippen LogP contribution >= 0.6 is 0 Å². The van der Waals surface area contributed by atoms with Gasteiger partial charge in [-0.25, -0.2) is 4.68 Å². The van der Waals surface area contributed by atoms with E-state index in [1.54, 1.807) is 4.68 Å². The average molecular weight is 386 g/mol. The van der Waals surface area contributed by atoms with Gasteiger partial charge in [-0.3, -0.25) is 4.79 Å². The molecular formula is C21H31N5O2. The normalized spacial score (nSPS) is 15.9. The minimum Gasteiger partial charge on any atom is -0.377 e. The van der Waals surface area contributed by atoms with Gasteiger partial charge < -0.3 is 15.0 Å². The molecule has 0 bridgehead atoms. The van der Waals surface area contributed by atoms with Gasteiger partial charge in [0.05, 0.1) is 24.1 Å². The van der Waals surface area contributed by atoms with Gasteiger partial charge in [-0.2, -0.15) is 0 Å². The number of amides is 1. The molecule has 1 fully saturated rings. The second kappa shape index (κ2) is 9.30. The third-order valence-corrected chi connectivity index (χ3v) is 5.17. The van der Waals surface area contributed by atoms with Gasteiger partial charge in [0.2, 0.25) is 0 Å². The summed E-state index contributed by atoms with van der Waals surface area (Å²) in [5.74, 6) is -0.141. The molecule has 1 N–H and O–H groups in total. The lowest BCUT2D eigenvalue weighted by molar-refractivity contribution is 0.0520. The van der Waals surface area contributed by atoms with E-state index in [2.05, 4.69) is 34.4 Å². The Kier molecular flexibility index (Phi) is 6.80. The fraction of sp³-hybridized carbons (Fsp3) is 0.571. The fourth-order valence-electron chi connectivity index (χ4n) is 3.44. The van der Waals surface area contributed by atoms with E-state index in [0.29, 0.717) is 5.69 Å². The monoisotopic (exact) mass is 385 g/mol. The first kappa shape index (κ1) is 20.5. The standard InChI is InChI=1S/C21H31N5O2/c1-15(2)28-14-13-25-11-9-18(10-12-25)22-21(27)20-17(4)26(24-23-20)19-7-5-16(3)6-8-19/h5-8,15,18H,9-14H2,1-4H3,(H,22,27). The number of aromatic nitrogens is 3. The van der Waals surface area contributed by atoms with Gasteiger partial charge >= 0.3 is 0 Å². The average Bonchev–Trinajstić information content (AvgIpc) is 3.05. The Morgan fingerprint density at radius 3 is 2.54 bits per heavy atom. The van der Waals surface area contributed by atoms with Crippen molar-refractivity contribution in [1.29, 1.82) is 0 Å². The predicted octanol–water partition coefficient (Wildman–Crippen LogP) is 2.50. The van der Waals surface area contributed by atoms with Crippen LogP contribution in [-0.4, -0.2) is 64.2 Å². The molecule has 0 atom stereocenters. The summed E-state index contributed by atoms with van der Waals surface area (Å²) in [6, 6.07) is 8.19. The first-order valence-electron chi connectivity index (χ1n) is 10.1. The Balaban J connectivity index is 1.53. The van der Waals surface area contributed by atoms with Crippen molar-refractivity contribution >= 4 is 5.91 Å². The molecule has 7 heteroatoms. The molecule has 1 aliphatic rings. The molecule has 0 unspecified atom stereocenters. The maximum Gasteiger partial charge on any atom is 0.273 e. The first-order valence-corrected chi connectivity index (χ1v) is 10.1. The highest BCUT2D eigenvalue weighted by Gasteiger charge is 2.24. The number of likely N-dealkylation sites (tertiary alicyclic amines) is 1. The number of ether oxygens (including phenoxy) is 1. The van der Waals surface area contributed by atoms with E-state index in [-0.39, 0.29) is 18.1 Å². The molecule has 1 aliphatic heterocycles. The molecule has 2 heterocycles. The summed E-state index contributed by atoms with van der Waals surface area (Å²) >= 11 is 0. The zero-order chi connectivity index (χ0) is 20.1. The third-order valence-electron chi connectivity index (χ3n) is 5.17. The summed E-state index contributed by atoms with van der Waals surface area (Å²) in [6.45, 7) is 11.7. The molecule has 0 saturated carbocycles. The van der Waals surface area contributed by atoms with Crippen molar-refractivity contribution in [3.63, 3.8) is 0 Å². The zero-order valence-corrected chi connectivity index (χ0v) is 17.3. The van der Waals surface area contributed by atoms with Crippen molar-refractivity contribution in [2.75, 3.05) is 26.2 Å². The molecule has 7 nitrogen and oxygen atoms in total. The van der Waals surface area contributed by atoms with E-state index in [1.807, 2.05) is 38.1 Å². The molecule has 152 valence electrons. The maximum atomic E-state index is 12.7. The highest BCUT2D eigenvalue weighted by atomic mass is 16.5. The van der Waals surface area contributed by atoms with E-state index in [9.17, 15) is 4.79 Å². The Hall–Kier alpha value is -2.25. The van der Waals surface area contributed by atoms with E-state index >= 15 is 0 Å². The van der Waals surface area contributed by atoms with Gasteiger partial charge in [-0.05, 0) is 52.7 Å². The van der Waals surface area contributed by atoms with Crippen LogP contribution in [0.1, 0.15) is 48.4 Å². The number of hydrogen-bond donors (Lipinski definition) is 1. The lowest BCUT2D eigenvalue weighted by Gasteiger charge is -2.32. The quantitative estimate of drug-likeness (QED) is 0.793. The fourth-order valence-corrected chi connectivity index (χ4v) is 3.44. The van der Waals surface area contributed by atoms with Crippen molar-refractivity contribution in [1.82, 2.24) is 25.2 Å². The molecule has 0 spiro atoms. The number of hydrogen-bond acceptors (Lipinski definition) is 5. The van der Waals surface area contributed by atoms with Crippen LogP contribution in [0.25, 0.3) is 5.69 Å². The van der Waals surface area contributed by atoms with Crippen LogP contribution in [0.15, 0.2) is 24.3 Å². The molecule has 1 amide bonds. The van der Waals surface area contributed by atoms with Crippen molar-refractivity contribution in [3.05, 3.63) is 41.2 Å². The predicted molar refractivity (Wildman–Crippen MR) is 109 cm³/mol. The summed E-state index contributed by atoms with van der Waals surface area (Å²) in [5, 5.41) is 11.4. The Labute approximate surface area is 167 Å². The number of aryl methyl sites for hydroxylation is 1. The van der Waals surface area contributed by atoms with Crippen LogP contribution in [0.3, 0.4) is 0 Å². The molecular weight excluding hydrogens is 354 g/mol. The number of carbonyl (C=O) groups excluding carboxylic acids is 1. The molecule has 2 aromatic rings. The summed E-state index contributed by atoms with van der Waals surface area (Å²) in [5.41, 5.74) is 3.24. The van der Waals surface area contributed by atoms with Crippen molar-refractivity contribution < 1.29 is 9.53 Å². The second-order valence-electron chi connectivity index (χ2n) is 7.78. The van der Waals surface area contributed by atoms with Crippen molar-refractivity contribution in [3.8, 4) is 5.69 Å². The van der Waals surface area contributed by atoms with Crippen LogP contribution in [-0.2, 0) is 4.74 Å². The topological polar surface area (TPSA) is 72.3 Å². The van der Waals surface area contributed by atoms with Gasteiger partial charge in [0.1, 0.15) is 0 Å². The third kappa shape index (κ3) is 5.17. The number of nitrogens with zero attached hydrogens (tertiary/aromatic N) is 4. The molecule has 1 saturated heterocycles. The summed E-state index contributed by atoms with van der Waals surface area (Å²) in [6.07, 6.45) is 2.16. The van der Waals surface area contributed by atoms with Crippen molar-refractivity contribution in [2.24, 2.45) is 0 Å². The molecule has 3 rings (SSSR count). The van der Waals surface area contributed by atoms with Gasteiger partial charge in [-0.1, -0.05) is 22.9 Å². The van der Waals surface area contributed by atoms with Crippen LogP contribution in [0, 0.1) is 13.8 Å². The van der Waals surface area contributed by atoms with E-state index in [1.165, 1.54) is 5.56 Å². The maximum absolute atomic E-state index is 12.7. The Bertz CT molecular complexity index is 777. The molecule has 28 heavy (non-hydrogen) atoms. The number of piperidine rings is 1. The summed E-state index contributed by atoms with van der Waals surface area (Å²) in [4.78, 5) is 15.1. The van der Waals surface area contributed by atoms with E-state index in [0.717, 1.165) is 50.5 Å². The van der Waals surface area contributed by atoms with Crippen LogP contribution in [0.2, 0.25) is 0 Å². The van der Waals surface area contributed by atoms with Gasteiger partial charge in [0.25, 0.3) is 5.91 Å². The smallest absolute Gasteiger partial charge is 0.273 e. The van der Waals surface area contributed by atoms with E-state index in [4.69, 9.17) is 4.74 Å². The lowest BCUT2D eigenvalue weighted by atomic mass is 10.0. The highest BCUT2D eigenvalue weighted by molar-refractivity contribution is 5.93. The number of nitrogens with one attached hydrogen (secondary N) is 1. The largest absolute Gasteiger partial charge is 0.377 e. The number of benzene rings is 1. The van der Waals surface area contributed by atoms with Crippen LogP contribution in [0.5, 0.6) is 0 Å². The van der Waals surface area contributed by atoms with Crippen molar-refractivity contribution in [2.45, 2.75) is 52.7 Å². The number of rotatable bonds is 7. The Morgan fingerprint density at radius 1 is 1.21 bits per heavy atom. The van der Waals surface area contributed by atoms with Crippen LogP contribution in [0.4, 0.5) is 0 Å². The SMILES string of the molecule is Cc1ccc(-n2nnc(C(=O)NC3CCN(CCOC(C)C)CC3)c2C)cc1. The number of carbonyl (C=O) groups is 1. The minimum atomic E-state index is -0.141. The second-order valence-corrected chi connectivity index (χ2v) is 7.78. The molecule has 0 aliphatic carbocycles. The first-order chi connectivity index (χ1) is 13.4. The lowest BCUT2D eigenvalue weighted by Crippen LogP contribution is -2.45. The van der Waals surface area contributed by atoms with Crippen LogP contribution < -0.4 is 5.32 Å². The Morgan fingerprint density at radius 2 is 1.89 bits per heavy atom. The van der Waals surface area contributed by atoms with Gasteiger partial charge in [0.15, 0.2) is 5.69 Å². The molecule has 1 aromatic heterocycles.